The average Bonchev–Trinajstić information content (AvgIpc) is 2.52. The van der Waals surface area contributed by atoms with E-state index in [4.69, 9.17) is 5.11 Å². The highest BCUT2D eigenvalue weighted by molar-refractivity contribution is 7.91. The molecule has 2 rings (SSSR count). The lowest BCUT2D eigenvalue weighted by Crippen LogP contribution is -2.15. The molecule has 0 saturated heterocycles. The topological polar surface area (TPSA) is 92.2 Å². The van der Waals surface area contributed by atoms with E-state index in [9.17, 15) is 12.8 Å². The van der Waals surface area contributed by atoms with Gasteiger partial charge in [-0.2, -0.15) is 0 Å². The number of rotatable bonds is 6. The number of benzene rings is 1. The molecule has 1 aromatic heterocycles. The second-order valence-electron chi connectivity index (χ2n) is 5.82. The Balaban J connectivity index is 2.74. The Morgan fingerprint density at radius 1 is 1.24 bits per heavy atom. The van der Waals surface area contributed by atoms with Crippen molar-refractivity contribution in [2.75, 3.05) is 17.6 Å². The molecule has 0 aliphatic carbocycles. The van der Waals surface area contributed by atoms with Gasteiger partial charge in [0.15, 0.2) is 0 Å². The third-order valence-corrected chi connectivity index (χ3v) is 3.86. The van der Waals surface area contributed by atoms with E-state index in [0.717, 1.165) is 6.26 Å². The summed E-state index contributed by atoms with van der Waals surface area (Å²) in [6.07, 6.45) is 4.24. The van der Waals surface area contributed by atoms with Crippen molar-refractivity contribution in [2.24, 2.45) is 0 Å². The molecule has 1 heterocycles. The highest BCUT2D eigenvalue weighted by atomic mass is 32.2. The smallest absolute Gasteiger partial charge is 0.237 e. The molecule has 134 valence electrons. The first-order valence-electron chi connectivity index (χ1n) is 7.64. The van der Waals surface area contributed by atoms with Crippen molar-refractivity contribution in [3.8, 4) is 11.3 Å². The van der Waals surface area contributed by atoms with Gasteiger partial charge in [-0.25, -0.2) is 22.8 Å². The first-order valence-corrected chi connectivity index (χ1v) is 9.53. The fourth-order valence-corrected chi connectivity index (χ4v) is 2.72. The monoisotopic (exact) mass is 365 g/mol. The summed E-state index contributed by atoms with van der Waals surface area (Å²) in [4.78, 5) is 8.60. The van der Waals surface area contributed by atoms with Gasteiger partial charge in [0.25, 0.3) is 0 Å². The SMILES string of the molecule is CC(C)c1nc(NS(C)(=O)=O)nc(-c2ccc(F)cc2)c1/C=C/CO. The van der Waals surface area contributed by atoms with E-state index < -0.39 is 10.0 Å². The zero-order chi connectivity index (χ0) is 18.6. The molecule has 0 aliphatic heterocycles. The van der Waals surface area contributed by atoms with Gasteiger partial charge in [0.1, 0.15) is 5.82 Å². The number of hydrogen-bond acceptors (Lipinski definition) is 5. The van der Waals surface area contributed by atoms with Crippen molar-refractivity contribution >= 4 is 22.0 Å². The Bertz CT molecular complexity index is 879. The predicted octanol–water partition coefficient (Wildman–Crippen LogP) is 2.78. The normalized spacial score (nSPS) is 12.1. The van der Waals surface area contributed by atoms with E-state index in [1.54, 1.807) is 24.3 Å². The number of halogens is 1. The molecule has 0 bridgehead atoms. The quantitative estimate of drug-likeness (QED) is 0.821. The number of anilines is 1. The molecular formula is C17H20FN3O3S. The number of aromatic nitrogens is 2. The molecule has 0 fully saturated rings. The van der Waals surface area contributed by atoms with Gasteiger partial charge in [0.05, 0.1) is 24.3 Å². The summed E-state index contributed by atoms with van der Waals surface area (Å²) in [6.45, 7) is 3.66. The number of nitrogens with one attached hydrogen (secondary N) is 1. The van der Waals surface area contributed by atoms with Crippen LogP contribution in [0.5, 0.6) is 0 Å². The van der Waals surface area contributed by atoms with E-state index in [1.807, 2.05) is 13.8 Å². The highest BCUT2D eigenvalue weighted by Crippen LogP contribution is 2.30. The average molecular weight is 365 g/mol. The van der Waals surface area contributed by atoms with Crippen molar-refractivity contribution in [1.29, 1.82) is 0 Å². The predicted molar refractivity (Wildman–Crippen MR) is 96.1 cm³/mol. The molecule has 8 heteroatoms. The molecule has 2 aromatic rings. The standard InChI is InChI=1S/C17H20FN3O3S/c1-11(2)15-14(5-4-10-22)16(12-6-8-13(18)9-7-12)20-17(19-15)21-25(3,23)24/h4-9,11,22H,10H2,1-3H3,(H,19,20,21)/b5-4+. The summed E-state index contributed by atoms with van der Waals surface area (Å²) in [6, 6.07) is 5.72. The van der Waals surface area contributed by atoms with Crippen LogP contribution in [0.15, 0.2) is 30.3 Å². The number of hydrogen-bond donors (Lipinski definition) is 2. The molecule has 2 N–H and O–H groups in total. The molecule has 0 unspecified atom stereocenters. The first kappa shape index (κ1) is 19.0. The summed E-state index contributed by atoms with van der Waals surface area (Å²) in [5.41, 5.74) is 2.33. The number of aliphatic hydroxyl groups excluding tert-OH is 1. The van der Waals surface area contributed by atoms with Gasteiger partial charge in [-0.05, 0) is 30.2 Å². The largest absolute Gasteiger partial charge is 0.392 e. The maximum Gasteiger partial charge on any atom is 0.237 e. The lowest BCUT2D eigenvalue weighted by molar-refractivity contribution is 0.343. The van der Waals surface area contributed by atoms with Crippen LogP contribution in [0.4, 0.5) is 10.3 Å². The molecule has 0 saturated carbocycles. The van der Waals surface area contributed by atoms with Crippen LogP contribution in [0.25, 0.3) is 17.3 Å². The van der Waals surface area contributed by atoms with Gasteiger partial charge in [-0.15, -0.1) is 0 Å². The van der Waals surface area contributed by atoms with Gasteiger partial charge in [0, 0.05) is 11.1 Å². The first-order chi connectivity index (χ1) is 11.7. The van der Waals surface area contributed by atoms with Gasteiger partial charge in [0.2, 0.25) is 16.0 Å². The van der Waals surface area contributed by atoms with Crippen LogP contribution in [0, 0.1) is 5.82 Å². The maximum absolute atomic E-state index is 13.2. The van der Waals surface area contributed by atoms with Crippen LogP contribution < -0.4 is 4.72 Å². The van der Waals surface area contributed by atoms with Crippen molar-refractivity contribution in [2.45, 2.75) is 19.8 Å². The molecule has 25 heavy (non-hydrogen) atoms. The highest BCUT2D eigenvalue weighted by Gasteiger charge is 2.18. The Morgan fingerprint density at radius 3 is 2.40 bits per heavy atom. The summed E-state index contributed by atoms with van der Waals surface area (Å²) >= 11 is 0. The Hall–Kier alpha value is -2.32. The number of nitrogens with zero attached hydrogens (tertiary/aromatic N) is 2. The van der Waals surface area contributed by atoms with E-state index in [1.165, 1.54) is 12.1 Å². The molecule has 0 spiro atoms. The van der Waals surface area contributed by atoms with Crippen LogP contribution in [0.2, 0.25) is 0 Å². The molecule has 0 aliphatic rings. The molecule has 0 radical (unpaired) electrons. The second-order valence-corrected chi connectivity index (χ2v) is 7.56. The van der Waals surface area contributed by atoms with Gasteiger partial charge in [-0.1, -0.05) is 26.0 Å². The number of aliphatic hydroxyl groups is 1. The lowest BCUT2D eigenvalue weighted by atomic mass is 9.98. The zero-order valence-corrected chi connectivity index (χ0v) is 15.0. The summed E-state index contributed by atoms with van der Waals surface area (Å²) in [7, 11) is -3.55. The molecule has 1 aromatic carbocycles. The Labute approximate surface area is 146 Å². The molecular weight excluding hydrogens is 345 g/mol. The van der Waals surface area contributed by atoms with Crippen molar-refractivity contribution < 1.29 is 17.9 Å². The third-order valence-electron chi connectivity index (χ3n) is 3.31. The lowest BCUT2D eigenvalue weighted by Gasteiger charge is -2.16. The van der Waals surface area contributed by atoms with Crippen molar-refractivity contribution in [3.63, 3.8) is 0 Å². The maximum atomic E-state index is 13.2. The van der Waals surface area contributed by atoms with Gasteiger partial charge in [-0.3, -0.25) is 4.72 Å². The van der Waals surface area contributed by atoms with Crippen LogP contribution in [-0.4, -0.2) is 36.4 Å². The molecule has 0 amide bonds. The minimum atomic E-state index is -3.55. The van der Waals surface area contributed by atoms with Crippen molar-refractivity contribution in [1.82, 2.24) is 9.97 Å². The fourth-order valence-electron chi connectivity index (χ4n) is 2.30. The minimum Gasteiger partial charge on any atom is -0.392 e. The van der Waals surface area contributed by atoms with Crippen molar-refractivity contribution in [3.05, 3.63) is 47.4 Å². The third kappa shape index (κ3) is 5.07. The Kier molecular flexibility index (Phi) is 5.86. The van der Waals surface area contributed by atoms with Gasteiger partial charge < -0.3 is 5.11 Å². The van der Waals surface area contributed by atoms with Crippen LogP contribution in [0.3, 0.4) is 0 Å². The van der Waals surface area contributed by atoms with E-state index in [-0.39, 0.29) is 24.3 Å². The molecule has 0 atom stereocenters. The number of sulfonamides is 1. The van der Waals surface area contributed by atoms with Crippen LogP contribution in [-0.2, 0) is 10.0 Å². The summed E-state index contributed by atoms with van der Waals surface area (Å²) in [5, 5.41) is 9.09. The van der Waals surface area contributed by atoms with Crippen LogP contribution in [0.1, 0.15) is 31.0 Å². The van der Waals surface area contributed by atoms with Gasteiger partial charge >= 0.3 is 0 Å². The van der Waals surface area contributed by atoms with Crippen LogP contribution >= 0.6 is 0 Å². The molecule has 6 nitrogen and oxygen atoms in total. The second kappa shape index (κ2) is 7.71. The summed E-state index contributed by atoms with van der Waals surface area (Å²) < 4.78 is 38.6. The minimum absolute atomic E-state index is 0.0272. The van der Waals surface area contributed by atoms with E-state index >= 15 is 0 Å². The van der Waals surface area contributed by atoms with E-state index in [0.29, 0.717) is 22.5 Å². The zero-order valence-electron chi connectivity index (χ0n) is 14.2. The van der Waals surface area contributed by atoms with E-state index in [2.05, 4.69) is 14.7 Å². The summed E-state index contributed by atoms with van der Waals surface area (Å²) in [5.74, 6) is -0.462. The Morgan fingerprint density at radius 2 is 1.88 bits per heavy atom. The fraction of sp³-hybridized carbons (Fsp3) is 0.294.